The Bertz CT molecular complexity index is 6860. The van der Waals surface area contributed by atoms with E-state index in [1.54, 1.807) is 102 Å². The van der Waals surface area contributed by atoms with Gasteiger partial charge in [0, 0.05) is 145 Å². The second-order valence-electron chi connectivity index (χ2n) is 38.6. The zero-order chi connectivity index (χ0) is 107. The molecule has 17 rings (SSSR count). The number of benzene rings is 9. The number of carbonyl (C=O) groups excluding carboxylic acids is 8. The number of methoxy groups -OCH3 is 2. The van der Waals surface area contributed by atoms with E-state index in [0.717, 1.165) is 57.8 Å². The van der Waals surface area contributed by atoms with Gasteiger partial charge in [-0.1, -0.05) is 146 Å². The number of carbonyl (C=O) groups is 8. The normalized spacial score (nSPS) is 14.1. The smallest absolute Gasteiger partial charge is 0.435 e. The van der Waals surface area contributed by atoms with Crippen LogP contribution in [0.2, 0.25) is 0 Å². The van der Waals surface area contributed by atoms with Gasteiger partial charge in [0.25, 0.3) is 0 Å². The van der Waals surface area contributed by atoms with Gasteiger partial charge in [0.1, 0.15) is 17.3 Å². The number of para-hydroxylation sites is 1. The van der Waals surface area contributed by atoms with E-state index < -0.39 is 82.8 Å². The summed E-state index contributed by atoms with van der Waals surface area (Å²) >= 11 is 0. The molecule has 0 spiro atoms. The molecule has 0 fully saturated rings. The number of ether oxygens (including phenoxy) is 2. The van der Waals surface area contributed by atoms with Crippen LogP contribution in [0.4, 0.5) is 79.8 Å². The first-order chi connectivity index (χ1) is 71.6. The molecule has 0 bridgehead atoms. The predicted octanol–water partition coefficient (Wildman–Crippen LogP) is 22.7. The molecule has 35 heteroatoms. The molecule has 22 nitrogen and oxygen atoms in total. The summed E-state index contributed by atoms with van der Waals surface area (Å²) < 4.78 is 192. The van der Waals surface area contributed by atoms with Crippen LogP contribution in [0, 0.1) is 36.4 Å². The van der Waals surface area contributed by atoms with Crippen LogP contribution in [0.3, 0.4) is 0 Å². The van der Waals surface area contributed by atoms with Gasteiger partial charge in [-0.25, -0.2) is 4.39 Å². The van der Waals surface area contributed by atoms with E-state index in [0.29, 0.717) is 158 Å². The number of Topliss-reactive ketones (excluding diaryl/α,β-unsaturated/α-hetero) is 4. The third-order valence-electron chi connectivity index (χ3n) is 27.8. The zero-order valence-electron chi connectivity index (χ0n) is 84.4. The molecule has 0 radical (unpaired) electrons. The van der Waals surface area contributed by atoms with Crippen molar-refractivity contribution in [3.63, 3.8) is 0 Å². The second-order valence-corrected chi connectivity index (χ2v) is 38.6. The van der Waals surface area contributed by atoms with Crippen LogP contribution in [0.25, 0.3) is 10.8 Å². The number of hydrogen-bond acceptors (Lipinski definition) is 14. The summed E-state index contributed by atoms with van der Waals surface area (Å²) in [5, 5.41) is 17.3. The monoisotopic (exact) mass is 2070 g/mol. The number of amides is 4. The highest BCUT2D eigenvalue weighted by molar-refractivity contribution is 6.01. The van der Waals surface area contributed by atoms with Crippen LogP contribution in [-0.2, 0) is 166 Å². The van der Waals surface area contributed by atoms with E-state index in [1.807, 2.05) is 164 Å². The summed E-state index contributed by atoms with van der Waals surface area (Å²) in [5.41, 5.74) is 5.62. The van der Waals surface area contributed by atoms with Gasteiger partial charge in [-0.2, -0.15) is 73.1 Å². The highest BCUT2D eigenvalue weighted by Crippen LogP contribution is 2.42. The van der Waals surface area contributed by atoms with E-state index in [1.165, 1.54) is 48.0 Å². The molecule has 4 atom stereocenters. The molecule has 150 heavy (non-hydrogen) atoms. The number of hydrogen-bond donors (Lipinski definition) is 0. The summed E-state index contributed by atoms with van der Waals surface area (Å²) in [6.45, 7) is 0.527. The maximum Gasteiger partial charge on any atom is 0.435 e. The lowest BCUT2D eigenvalue weighted by Crippen LogP contribution is -2.35. The first kappa shape index (κ1) is 111. The quantitative estimate of drug-likeness (QED) is 0.0341. The molecule has 9 aromatic carbocycles. The van der Waals surface area contributed by atoms with Crippen LogP contribution in [0.1, 0.15) is 173 Å². The Morgan fingerprint density at radius 2 is 0.553 bits per heavy atom. The van der Waals surface area contributed by atoms with E-state index >= 15 is 0 Å². The molecule has 0 saturated heterocycles. The molecule has 4 aliphatic carbocycles. The number of halogens is 13. The van der Waals surface area contributed by atoms with Crippen molar-refractivity contribution in [2.24, 2.45) is 23.7 Å². The van der Waals surface area contributed by atoms with Gasteiger partial charge in [0.15, 0.2) is 45.9 Å². The molecule has 13 aromatic rings. The molecule has 0 N–H and O–H groups in total. The van der Waals surface area contributed by atoms with Crippen LogP contribution in [0.15, 0.2) is 231 Å². The van der Waals surface area contributed by atoms with Gasteiger partial charge >= 0.3 is 24.7 Å². The predicted molar refractivity (Wildman–Crippen MR) is 543 cm³/mol. The summed E-state index contributed by atoms with van der Waals surface area (Å²) in [6.07, 6.45) is -9.04. The fourth-order valence-corrected chi connectivity index (χ4v) is 20.3. The lowest BCUT2D eigenvalue weighted by Gasteiger charge is -2.24. The van der Waals surface area contributed by atoms with Crippen molar-refractivity contribution in [3.05, 3.63) is 332 Å². The minimum absolute atomic E-state index is 0.0825. The standard InChI is InChI=1S/C31H30F3N3O2.C29H31F4N3O3.C28H30F3N3O3.C27H28F3N3O2/c1-36(25-16-15-22-11-5-6-12-23(22)18-25)30(39)24(17-21-9-3-2-4-10-21)19-26(38)20-37-28-14-8-7-13-27(28)29(35-37)31(32,33)34;1-18-12-19(15-21(30)13-18)14-20(28(38)35(2)22-8-10-24(39-3)11-9-22)16-23(37)17-36-26-7-5-4-6-25(26)27(34-36)29(31,32)33;1-33(21-12-14-23(37-2)15-13-21)27(36)20(16-19-8-4-3-5-9-19)17-22(35)18-34-25-11-7-6-10-24(25)26(32-34)28(29,30)31;1-32(21-12-6-3-7-13-21)26(35)20(16-19-10-4-2-5-11-19)17-22(34)18-33-24-15-9-8-14-23(24)25(31-33)27(28,29)30/h2-6,9-12,15-16,18,24H,7-8,13-14,17,19-20H2,1H3;8-13,15,20H,4-7,14,16-17H2,1-3H3;3-5,8-9,12-15,20H,6-7,10-11,16-18H2,1-2H3;2-7,10-13,20H,8-9,14-18H2,1H3/t24-;3*20-/m1111/s1. The molecular weight excluding hydrogens is 1960 g/mol. The van der Waals surface area contributed by atoms with Crippen molar-refractivity contribution in [3.8, 4) is 11.5 Å². The number of nitrogens with zero attached hydrogens (tertiary/aromatic N) is 12. The summed E-state index contributed by atoms with van der Waals surface area (Å²) in [5.74, 6) is -4.49. The number of anilines is 4. The van der Waals surface area contributed by atoms with Crippen LogP contribution in [0.5, 0.6) is 11.5 Å². The maximum atomic E-state index is 14.1. The molecule has 4 heterocycles. The topological polar surface area (TPSA) is 239 Å². The van der Waals surface area contributed by atoms with E-state index in [9.17, 15) is 95.4 Å². The van der Waals surface area contributed by atoms with Crippen molar-refractivity contribution < 1.29 is 105 Å². The molecule has 4 aliphatic rings. The average molecular weight is 2080 g/mol. The number of alkyl halides is 12. The van der Waals surface area contributed by atoms with Crippen LogP contribution >= 0.6 is 0 Å². The minimum atomic E-state index is -4.61. The molecule has 0 saturated carbocycles. The van der Waals surface area contributed by atoms with Crippen molar-refractivity contribution in [2.45, 2.75) is 212 Å². The lowest BCUT2D eigenvalue weighted by atomic mass is 9.91. The number of aromatic nitrogens is 8. The zero-order valence-corrected chi connectivity index (χ0v) is 84.4. The molecule has 0 unspecified atom stereocenters. The SMILES string of the molecule is CN(C(=O)[C@@H](CC(=O)Cn1nc(C(F)(F)F)c2c1CCCC2)Cc1ccccc1)c1ccc2ccccc2c1.CN(C(=O)[C@@H](CC(=O)Cn1nc(C(F)(F)F)c2c1CCCC2)Cc1ccccc1)c1ccccc1.COc1ccc(N(C)C(=O)[C@@H](CC(=O)Cn2nc(C(F)(F)F)c3c2CCCC3)Cc2cc(C)cc(F)c2)cc1.COc1ccc(N(C)C(=O)[C@@H](CC(=O)Cn2nc(C(F)(F)F)c3c2CCCC3)Cc2ccccc2)cc1. The molecule has 0 aliphatic heterocycles. The molecule has 4 aromatic heterocycles. The van der Waals surface area contributed by atoms with Crippen LogP contribution < -0.4 is 29.1 Å². The van der Waals surface area contributed by atoms with Crippen molar-refractivity contribution in [1.82, 2.24) is 39.1 Å². The van der Waals surface area contributed by atoms with Gasteiger partial charge < -0.3 is 29.1 Å². The van der Waals surface area contributed by atoms with E-state index in [4.69, 9.17) is 9.47 Å². The van der Waals surface area contributed by atoms with Crippen molar-refractivity contribution in [2.75, 3.05) is 62.0 Å². The number of rotatable bonds is 34. The Kier molecular flexibility index (Phi) is 36.7. The molecule has 790 valence electrons. The number of fused-ring (bicyclic) bond motifs is 5. The second kappa shape index (κ2) is 49.6. The minimum Gasteiger partial charge on any atom is -0.497 e. The first-order valence-corrected chi connectivity index (χ1v) is 50.1. The largest absolute Gasteiger partial charge is 0.497 e. The van der Waals surface area contributed by atoms with Crippen molar-refractivity contribution in [1.29, 1.82) is 0 Å². The first-order valence-electron chi connectivity index (χ1n) is 50.1. The molecular formula is C115H119F13N12O10. The maximum absolute atomic E-state index is 14.1. The van der Waals surface area contributed by atoms with Gasteiger partial charge in [0.05, 0.1) is 40.4 Å². The van der Waals surface area contributed by atoms with E-state index in [2.05, 4.69) is 20.4 Å². The Hall–Kier alpha value is -14.7. The van der Waals surface area contributed by atoms with Gasteiger partial charge in [-0.3, -0.25) is 57.1 Å². The van der Waals surface area contributed by atoms with Crippen LogP contribution in [-0.4, -0.2) is 128 Å². The highest BCUT2D eigenvalue weighted by atomic mass is 19.4. The average Bonchev–Trinajstić information content (AvgIpc) is 1.64. The third-order valence-corrected chi connectivity index (χ3v) is 27.8. The summed E-state index contributed by atoms with van der Waals surface area (Å²) in [6, 6.07) is 69.2. The van der Waals surface area contributed by atoms with Gasteiger partial charge in [-0.05, 0) is 259 Å². The Labute approximate surface area is 860 Å². The fraction of sp³-hybridized carbons (Fsp3) is 0.374. The van der Waals surface area contributed by atoms with E-state index in [-0.39, 0.29) is 128 Å². The summed E-state index contributed by atoms with van der Waals surface area (Å²) in [7, 11) is 9.67. The Morgan fingerprint density at radius 1 is 0.300 bits per heavy atom. The lowest BCUT2D eigenvalue weighted by molar-refractivity contribution is -0.143. The Balaban J connectivity index is 0.000000158. The third kappa shape index (κ3) is 28.7. The highest BCUT2D eigenvalue weighted by Gasteiger charge is 2.45. The van der Waals surface area contributed by atoms with Gasteiger partial charge in [0.2, 0.25) is 23.6 Å². The fourth-order valence-electron chi connectivity index (χ4n) is 20.3. The number of ketones is 4. The summed E-state index contributed by atoms with van der Waals surface area (Å²) in [4.78, 5) is 113. The Morgan fingerprint density at radius 3 is 0.840 bits per heavy atom. The van der Waals surface area contributed by atoms with Gasteiger partial charge in [-0.15, -0.1) is 0 Å². The molecule has 4 amide bonds. The number of aryl methyl sites for hydroxylation is 1. The van der Waals surface area contributed by atoms with Crippen molar-refractivity contribution >= 4 is 80.3 Å².